The molecular formula is C15H18N2O. The van der Waals surface area contributed by atoms with E-state index in [0.717, 1.165) is 30.1 Å². The number of rotatable bonds is 2. The molecule has 0 spiro atoms. The Balaban J connectivity index is 1.69. The van der Waals surface area contributed by atoms with E-state index in [0.29, 0.717) is 11.8 Å². The third-order valence-electron chi connectivity index (χ3n) is 4.17. The first-order chi connectivity index (χ1) is 8.90. The number of hydrogen-bond acceptors (Lipinski definition) is 3. The van der Waals surface area contributed by atoms with Crippen LogP contribution >= 0.6 is 0 Å². The van der Waals surface area contributed by atoms with Crippen LogP contribution in [0.25, 0.3) is 11.1 Å². The van der Waals surface area contributed by atoms with Gasteiger partial charge < -0.3 is 9.73 Å². The molecule has 3 nitrogen and oxygen atoms in total. The molecule has 2 fully saturated rings. The molecule has 1 N–H and O–H groups in total. The van der Waals surface area contributed by atoms with Crippen molar-refractivity contribution in [3.63, 3.8) is 0 Å². The Hall–Kier alpha value is -1.35. The number of benzene rings is 1. The van der Waals surface area contributed by atoms with Gasteiger partial charge in [0, 0.05) is 5.92 Å². The van der Waals surface area contributed by atoms with Crippen LogP contribution in [0.15, 0.2) is 22.6 Å². The number of aromatic nitrogens is 1. The molecule has 1 saturated carbocycles. The fourth-order valence-electron chi connectivity index (χ4n) is 2.88. The van der Waals surface area contributed by atoms with Crippen molar-refractivity contribution in [2.24, 2.45) is 0 Å². The van der Waals surface area contributed by atoms with Crippen LogP contribution < -0.4 is 5.32 Å². The minimum absolute atomic E-state index is 0.597. The Kier molecular flexibility index (Phi) is 2.40. The van der Waals surface area contributed by atoms with Gasteiger partial charge in [-0.25, -0.2) is 4.98 Å². The Bertz CT molecular complexity index is 565. The summed E-state index contributed by atoms with van der Waals surface area (Å²) in [6.45, 7) is 2.27. The van der Waals surface area contributed by atoms with E-state index in [1.165, 1.54) is 31.2 Å². The maximum Gasteiger partial charge on any atom is 0.198 e. The summed E-state index contributed by atoms with van der Waals surface area (Å²) >= 11 is 0. The molecule has 0 atom stereocenters. The highest BCUT2D eigenvalue weighted by Crippen LogP contribution is 2.40. The van der Waals surface area contributed by atoms with E-state index in [1.807, 2.05) is 0 Å². The molecule has 4 rings (SSSR count). The van der Waals surface area contributed by atoms with Gasteiger partial charge in [-0.1, -0.05) is 6.07 Å². The summed E-state index contributed by atoms with van der Waals surface area (Å²) in [5.41, 5.74) is 3.43. The lowest BCUT2D eigenvalue weighted by atomic mass is 9.90. The minimum atomic E-state index is 0.597. The summed E-state index contributed by atoms with van der Waals surface area (Å²) in [4.78, 5) is 4.65. The maximum absolute atomic E-state index is 5.81. The van der Waals surface area contributed by atoms with Crippen LogP contribution in [0, 0.1) is 0 Å². The van der Waals surface area contributed by atoms with Crippen LogP contribution in [0.2, 0.25) is 0 Å². The van der Waals surface area contributed by atoms with Gasteiger partial charge in [-0.2, -0.15) is 0 Å². The van der Waals surface area contributed by atoms with Gasteiger partial charge in [-0.15, -0.1) is 0 Å². The van der Waals surface area contributed by atoms with Crippen LogP contribution in [-0.4, -0.2) is 18.1 Å². The number of piperidine rings is 1. The molecule has 3 heteroatoms. The molecule has 2 aromatic rings. The second kappa shape index (κ2) is 4.09. The van der Waals surface area contributed by atoms with Gasteiger partial charge in [0.1, 0.15) is 5.52 Å². The van der Waals surface area contributed by atoms with Gasteiger partial charge in [-0.3, -0.25) is 0 Å². The standard InChI is InChI=1S/C15H18N2O/c1-2-11(1)15-17-13-9-12(3-4-14(13)18-15)10-5-7-16-8-6-10/h3-4,9-11,16H,1-2,5-8H2. The quantitative estimate of drug-likeness (QED) is 0.879. The summed E-state index contributed by atoms with van der Waals surface area (Å²) in [7, 11) is 0. The van der Waals surface area contributed by atoms with Gasteiger partial charge >= 0.3 is 0 Å². The zero-order valence-electron chi connectivity index (χ0n) is 10.5. The van der Waals surface area contributed by atoms with Crippen LogP contribution in [0.4, 0.5) is 0 Å². The Morgan fingerprint density at radius 1 is 1.06 bits per heavy atom. The van der Waals surface area contributed by atoms with Gasteiger partial charge in [0.15, 0.2) is 11.5 Å². The molecule has 1 aromatic carbocycles. The third-order valence-corrected chi connectivity index (χ3v) is 4.17. The fourth-order valence-corrected chi connectivity index (χ4v) is 2.88. The molecule has 2 aliphatic rings. The van der Waals surface area contributed by atoms with Crippen molar-refractivity contribution in [2.75, 3.05) is 13.1 Å². The fraction of sp³-hybridized carbons (Fsp3) is 0.533. The molecule has 0 bridgehead atoms. The molecule has 2 heterocycles. The number of fused-ring (bicyclic) bond motifs is 1. The average Bonchev–Trinajstić information content (AvgIpc) is 3.19. The number of oxazole rings is 1. The zero-order chi connectivity index (χ0) is 11.9. The SMILES string of the molecule is c1cc2oc(C3CC3)nc2cc1C1CCNCC1. The Labute approximate surface area is 107 Å². The van der Waals surface area contributed by atoms with Gasteiger partial charge in [0.05, 0.1) is 0 Å². The Morgan fingerprint density at radius 2 is 1.89 bits per heavy atom. The van der Waals surface area contributed by atoms with Crippen molar-refractivity contribution in [3.05, 3.63) is 29.7 Å². The molecule has 1 aromatic heterocycles. The van der Waals surface area contributed by atoms with Crippen molar-refractivity contribution in [2.45, 2.75) is 37.5 Å². The maximum atomic E-state index is 5.81. The lowest BCUT2D eigenvalue weighted by molar-refractivity contribution is 0.460. The largest absolute Gasteiger partial charge is 0.440 e. The number of hydrogen-bond donors (Lipinski definition) is 1. The second-order valence-electron chi connectivity index (χ2n) is 5.58. The molecule has 94 valence electrons. The van der Waals surface area contributed by atoms with E-state index < -0.39 is 0 Å². The average molecular weight is 242 g/mol. The first-order valence-electron chi connectivity index (χ1n) is 7.01. The Morgan fingerprint density at radius 3 is 2.67 bits per heavy atom. The van der Waals surface area contributed by atoms with E-state index in [-0.39, 0.29) is 0 Å². The van der Waals surface area contributed by atoms with Crippen molar-refractivity contribution >= 4 is 11.1 Å². The van der Waals surface area contributed by atoms with Crippen molar-refractivity contribution in [3.8, 4) is 0 Å². The lowest BCUT2D eigenvalue weighted by Gasteiger charge is -2.22. The lowest BCUT2D eigenvalue weighted by Crippen LogP contribution is -2.26. The highest BCUT2D eigenvalue weighted by Gasteiger charge is 2.29. The van der Waals surface area contributed by atoms with Gasteiger partial charge in [0.2, 0.25) is 0 Å². The number of nitrogens with one attached hydrogen (secondary N) is 1. The molecule has 1 aliphatic heterocycles. The second-order valence-corrected chi connectivity index (χ2v) is 5.58. The van der Waals surface area contributed by atoms with E-state index in [1.54, 1.807) is 0 Å². The van der Waals surface area contributed by atoms with Crippen molar-refractivity contribution in [1.82, 2.24) is 10.3 Å². The van der Waals surface area contributed by atoms with Crippen LogP contribution in [0.3, 0.4) is 0 Å². The first-order valence-corrected chi connectivity index (χ1v) is 7.01. The smallest absolute Gasteiger partial charge is 0.198 e. The molecule has 1 aliphatic carbocycles. The normalized spacial score (nSPS) is 21.6. The predicted molar refractivity (Wildman–Crippen MR) is 70.8 cm³/mol. The van der Waals surface area contributed by atoms with E-state index >= 15 is 0 Å². The summed E-state index contributed by atoms with van der Waals surface area (Å²) in [5, 5.41) is 3.41. The highest BCUT2D eigenvalue weighted by molar-refractivity contribution is 5.73. The molecule has 0 radical (unpaired) electrons. The van der Waals surface area contributed by atoms with Crippen LogP contribution in [0.5, 0.6) is 0 Å². The molecule has 0 unspecified atom stereocenters. The summed E-state index contributed by atoms with van der Waals surface area (Å²) in [6.07, 6.45) is 4.96. The van der Waals surface area contributed by atoms with Crippen LogP contribution in [0.1, 0.15) is 49.0 Å². The van der Waals surface area contributed by atoms with Crippen molar-refractivity contribution in [1.29, 1.82) is 0 Å². The van der Waals surface area contributed by atoms with E-state index in [4.69, 9.17) is 4.42 Å². The number of nitrogens with zero attached hydrogens (tertiary/aromatic N) is 1. The molecule has 0 amide bonds. The minimum Gasteiger partial charge on any atom is -0.440 e. The van der Waals surface area contributed by atoms with E-state index in [9.17, 15) is 0 Å². The summed E-state index contributed by atoms with van der Waals surface area (Å²) in [6, 6.07) is 6.56. The highest BCUT2D eigenvalue weighted by atomic mass is 16.3. The zero-order valence-corrected chi connectivity index (χ0v) is 10.5. The van der Waals surface area contributed by atoms with E-state index in [2.05, 4.69) is 28.5 Å². The topological polar surface area (TPSA) is 38.1 Å². The van der Waals surface area contributed by atoms with Gasteiger partial charge in [0.25, 0.3) is 0 Å². The molecule has 1 saturated heterocycles. The monoisotopic (exact) mass is 242 g/mol. The summed E-state index contributed by atoms with van der Waals surface area (Å²) in [5.74, 6) is 2.24. The first kappa shape index (κ1) is 10.6. The van der Waals surface area contributed by atoms with Crippen molar-refractivity contribution < 1.29 is 4.42 Å². The van der Waals surface area contributed by atoms with Crippen LogP contribution in [-0.2, 0) is 0 Å². The van der Waals surface area contributed by atoms with Gasteiger partial charge in [-0.05, 0) is 62.4 Å². The molecular weight excluding hydrogens is 224 g/mol. The third kappa shape index (κ3) is 1.83. The predicted octanol–water partition coefficient (Wildman–Crippen LogP) is 3.17. The summed E-state index contributed by atoms with van der Waals surface area (Å²) < 4.78 is 5.81. The molecule has 18 heavy (non-hydrogen) atoms.